The molecular weight excluding hydrogens is 286 g/mol. The van der Waals surface area contributed by atoms with Gasteiger partial charge in [0.05, 0.1) is 12.8 Å². The fourth-order valence-electron chi connectivity index (χ4n) is 2.17. The fourth-order valence-corrected chi connectivity index (χ4v) is 2.17. The zero-order chi connectivity index (χ0) is 16.0. The number of hydroxylamine groups is 1. The average molecular weight is 303 g/mol. The Balaban J connectivity index is 2.58. The molecule has 5 N–H and O–H groups in total. The minimum absolute atomic E-state index is 0.276. The van der Waals surface area contributed by atoms with Gasteiger partial charge in [0.1, 0.15) is 0 Å². The highest BCUT2D eigenvalue weighted by Crippen LogP contribution is 2.29. The van der Waals surface area contributed by atoms with Gasteiger partial charge in [0, 0.05) is 11.8 Å². The minimum atomic E-state index is -1.55. The van der Waals surface area contributed by atoms with Gasteiger partial charge in [-0.2, -0.15) is 5.10 Å². The number of benzene rings is 1. The monoisotopic (exact) mass is 303 g/mol. The fraction of sp³-hybridized carbons (Fsp3) is 0.214. The number of carbonyl (C=O) groups is 2. The molecule has 0 spiro atoms. The first-order chi connectivity index (χ1) is 10.6. The average Bonchev–Trinajstić information content (AvgIpc) is 3.05. The summed E-state index contributed by atoms with van der Waals surface area (Å²) in [7, 11) is 0. The molecule has 0 aliphatic carbocycles. The Morgan fingerprint density at radius 2 is 2.05 bits per heavy atom. The van der Waals surface area contributed by atoms with E-state index < -0.39 is 17.5 Å². The van der Waals surface area contributed by atoms with Gasteiger partial charge >= 0.3 is 6.03 Å². The molecule has 0 bridgehead atoms. The van der Waals surface area contributed by atoms with Crippen molar-refractivity contribution < 1.29 is 14.4 Å². The van der Waals surface area contributed by atoms with E-state index >= 15 is 0 Å². The van der Waals surface area contributed by atoms with Gasteiger partial charge in [-0.3, -0.25) is 14.7 Å². The van der Waals surface area contributed by atoms with Gasteiger partial charge in [0.15, 0.2) is 5.54 Å². The number of primary amides is 1. The van der Waals surface area contributed by atoms with Gasteiger partial charge < -0.3 is 11.1 Å². The van der Waals surface area contributed by atoms with Gasteiger partial charge in [0.25, 0.3) is 5.91 Å². The van der Waals surface area contributed by atoms with E-state index in [9.17, 15) is 9.59 Å². The lowest BCUT2D eigenvalue weighted by Crippen LogP contribution is -2.58. The van der Waals surface area contributed by atoms with Crippen LogP contribution in [0.25, 0.3) is 0 Å². The molecule has 22 heavy (non-hydrogen) atoms. The number of nitrogens with zero attached hydrogens (tertiary/aromatic N) is 1. The lowest BCUT2D eigenvalue weighted by molar-refractivity contribution is -0.138. The number of aromatic nitrogens is 2. The Hall–Kier alpha value is -2.87. The number of hydrogen-bond acceptors (Lipinski definition) is 4. The van der Waals surface area contributed by atoms with E-state index in [2.05, 4.69) is 21.0 Å². The second kappa shape index (κ2) is 6.72. The maximum Gasteiger partial charge on any atom is 0.313 e. The summed E-state index contributed by atoms with van der Waals surface area (Å²) in [6, 6.07) is 7.86. The number of amides is 3. The second-order valence-electron chi connectivity index (χ2n) is 4.46. The molecule has 0 saturated carbocycles. The van der Waals surface area contributed by atoms with E-state index in [4.69, 9.17) is 10.6 Å². The van der Waals surface area contributed by atoms with Crippen LogP contribution < -0.4 is 16.5 Å². The molecule has 0 aliphatic rings. The molecule has 0 radical (unpaired) electrons. The van der Waals surface area contributed by atoms with Gasteiger partial charge in [0.2, 0.25) is 0 Å². The number of rotatable bonds is 6. The number of aromatic amines is 1. The molecule has 8 heteroatoms. The van der Waals surface area contributed by atoms with Crippen molar-refractivity contribution in [3.63, 3.8) is 0 Å². The highest BCUT2D eigenvalue weighted by molar-refractivity contribution is 5.94. The van der Waals surface area contributed by atoms with Crippen LogP contribution >= 0.6 is 0 Å². The van der Waals surface area contributed by atoms with Crippen LogP contribution in [0.15, 0.2) is 42.7 Å². The molecule has 2 aromatic rings. The summed E-state index contributed by atoms with van der Waals surface area (Å²) in [6.07, 6.45) is 2.95. The summed E-state index contributed by atoms with van der Waals surface area (Å²) in [4.78, 5) is 29.2. The lowest BCUT2D eigenvalue weighted by Gasteiger charge is -2.32. The first-order valence-corrected chi connectivity index (χ1v) is 6.66. The zero-order valence-corrected chi connectivity index (χ0v) is 12.0. The van der Waals surface area contributed by atoms with Gasteiger partial charge in [-0.15, -0.1) is 0 Å². The van der Waals surface area contributed by atoms with E-state index in [0.29, 0.717) is 11.1 Å². The summed E-state index contributed by atoms with van der Waals surface area (Å²) in [6.45, 7) is 2.00. The molecular formula is C14H17N5O3. The number of urea groups is 1. The number of nitrogens with one attached hydrogen (secondary N) is 3. The first kappa shape index (κ1) is 15.5. The van der Waals surface area contributed by atoms with Crippen molar-refractivity contribution in [2.45, 2.75) is 12.5 Å². The van der Waals surface area contributed by atoms with Gasteiger partial charge in [-0.1, -0.05) is 30.3 Å². The van der Waals surface area contributed by atoms with Crippen molar-refractivity contribution in [1.29, 1.82) is 0 Å². The molecule has 0 saturated heterocycles. The van der Waals surface area contributed by atoms with Crippen LogP contribution in [0.3, 0.4) is 0 Å². The number of nitrogens with two attached hydrogens (primary N) is 1. The third kappa shape index (κ3) is 2.91. The smallest absolute Gasteiger partial charge is 0.313 e. The van der Waals surface area contributed by atoms with E-state index in [1.807, 2.05) is 0 Å². The van der Waals surface area contributed by atoms with E-state index in [1.165, 1.54) is 12.4 Å². The zero-order valence-electron chi connectivity index (χ0n) is 12.0. The predicted molar refractivity (Wildman–Crippen MR) is 78.3 cm³/mol. The summed E-state index contributed by atoms with van der Waals surface area (Å²) < 4.78 is 0. The molecule has 1 aromatic carbocycles. The number of carbonyl (C=O) groups excluding carboxylic acids is 2. The van der Waals surface area contributed by atoms with Crippen molar-refractivity contribution in [1.82, 2.24) is 21.0 Å². The molecule has 8 nitrogen and oxygen atoms in total. The van der Waals surface area contributed by atoms with Gasteiger partial charge in [-0.05, 0) is 12.5 Å². The molecule has 3 amide bonds. The highest BCUT2D eigenvalue weighted by Gasteiger charge is 2.44. The van der Waals surface area contributed by atoms with Crippen LogP contribution in [0.4, 0.5) is 4.79 Å². The number of hydrogen-bond donors (Lipinski definition) is 4. The summed E-state index contributed by atoms with van der Waals surface area (Å²) >= 11 is 0. The summed E-state index contributed by atoms with van der Waals surface area (Å²) in [5, 5.41) is 8.98. The van der Waals surface area contributed by atoms with Crippen molar-refractivity contribution in [2.24, 2.45) is 5.73 Å². The topological polar surface area (TPSA) is 122 Å². The van der Waals surface area contributed by atoms with E-state index in [-0.39, 0.29) is 6.61 Å². The second-order valence-corrected chi connectivity index (χ2v) is 4.46. The minimum Gasteiger partial charge on any atom is -0.352 e. The quantitative estimate of drug-likeness (QED) is 0.576. The molecule has 1 heterocycles. The Morgan fingerprint density at radius 3 is 2.59 bits per heavy atom. The van der Waals surface area contributed by atoms with Crippen molar-refractivity contribution in [2.75, 3.05) is 6.61 Å². The van der Waals surface area contributed by atoms with Crippen LogP contribution in [0.2, 0.25) is 0 Å². The summed E-state index contributed by atoms with van der Waals surface area (Å²) in [5.74, 6) is -0.583. The van der Waals surface area contributed by atoms with Crippen LogP contribution in [-0.2, 0) is 15.2 Å². The maximum absolute atomic E-state index is 12.7. The van der Waals surface area contributed by atoms with Crippen molar-refractivity contribution in [3.8, 4) is 0 Å². The Bertz CT molecular complexity index is 629. The molecule has 116 valence electrons. The summed E-state index contributed by atoms with van der Waals surface area (Å²) in [5.41, 5.74) is 7.00. The van der Waals surface area contributed by atoms with E-state index in [1.54, 1.807) is 37.3 Å². The standard InChI is InChI=1S/C14H17N5O3/c1-2-22-19-12(20)14(18-13(15)21,11-8-16-17-9-11)10-6-4-3-5-7-10/h3-9H,2H2,1H3,(H,16,17)(H,19,20)(H3,15,18,21). The van der Waals surface area contributed by atoms with Crippen LogP contribution in [-0.4, -0.2) is 28.7 Å². The van der Waals surface area contributed by atoms with Crippen LogP contribution in [0, 0.1) is 0 Å². The largest absolute Gasteiger partial charge is 0.352 e. The van der Waals surface area contributed by atoms with Crippen molar-refractivity contribution >= 4 is 11.9 Å². The molecule has 0 fully saturated rings. The molecule has 1 atom stereocenters. The SMILES string of the molecule is CCONC(=O)C(NC(N)=O)(c1ccccc1)c1cn[nH]c1. The maximum atomic E-state index is 12.7. The normalized spacial score (nSPS) is 13.1. The third-order valence-electron chi connectivity index (χ3n) is 3.10. The highest BCUT2D eigenvalue weighted by atomic mass is 16.6. The molecule has 1 aromatic heterocycles. The van der Waals surface area contributed by atoms with Gasteiger partial charge in [-0.25, -0.2) is 10.3 Å². The van der Waals surface area contributed by atoms with Crippen LogP contribution in [0.5, 0.6) is 0 Å². The predicted octanol–water partition coefficient (Wildman–Crippen LogP) is 0.389. The Kier molecular flexibility index (Phi) is 4.74. The molecule has 2 rings (SSSR count). The third-order valence-corrected chi connectivity index (χ3v) is 3.10. The van der Waals surface area contributed by atoms with E-state index in [0.717, 1.165) is 0 Å². The number of H-pyrrole nitrogens is 1. The Morgan fingerprint density at radius 1 is 1.32 bits per heavy atom. The van der Waals surface area contributed by atoms with Crippen molar-refractivity contribution in [3.05, 3.63) is 53.9 Å². The van der Waals surface area contributed by atoms with Crippen LogP contribution in [0.1, 0.15) is 18.1 Å². The lowest BCUT2D eigenvalue weighted by atomic mass is 9.83. The molecule has 0 aliphatic heterocycles. The molecule has 1 unspecified atom stereocenters. The first-order valence-electron chi connectivity index (χ1n) is 6.66. The Labute approximate surface area is 127 Å².